The lowest BCUT2D eigenvalue weighted by atomic mass is 10.1. The number of carboxylic acid groups (broad SMARTS) is 1. The number of nitrogens with two attached hydrogens (primary N) is 1. The summed E-state index contributed by atoms with van der Waals surface area (Å²) in [6.45, 7) is 2.80. The zero-order valence-corrected chi connectivity index (χ0v) is 20.0. The topological polar surface area (TPSA) is 121 Å². The van der Waals surface area contributed by atoms with Gasteiger partial charge in [-0.3, -0.25) is 9.69 Å². The van der Waals surface area contributed by atoms with Gasteiger partial charge in [-0.15, -0.1) is 0 Å². The maximum absolute atomic E-state index is 15.5. The Morgan fingerprint density at radius 1 is 1.08 bits per heavy atom. The minimum atomic E-state index is -1.52. The van der Waals surface area contributed by atoms with E-state index < -0.39 is 40.8 Å². The fraction of sp³-hybridized carbons (Fsp3) is 0.320. The molecule has 2 fully saturated rings. The van der Waals surface area contributed by atoms with Crippen molar-refractivity contribution in [3.63, 3.8) is 0 Å². The number of anilines is 2. The van der Waals surface area contributed by atoms with Crippen molar-refractivity contribution in [2.75, 3.05) is 56.1 Å². The number of aromatic carboxylic acids is 1. The Labute approximate surface area is 210 Å². The maximum atomic E-state index is 15.5. The predicted molar refractivity (Wildman–Crippen MR) is 133 cm³/mol. The number of benzene rings is 2. The summed E-state index contributed by atoms with van der Waals surface area (Å²) in [5.41, 5.74) is 4.62. The fourth-order valence-corrected chi connectivity index (χ4v) is 4.69. The Kier molecular flexibility index (Phi) is 6.30. The van der Waals surface area contributed by atoms with E-state index in [4.69, 9.17) is 10.5 Å². The first kappa shape index (κ1) is 24.7. The lowest BCUT2D eigenvalue weighted by molar-refractivity contribution is 0.0695. The van der Waals surface area contributed by atoms with Crippen molar-refractivity contribution in [1.29, 1.82) is 0 Å². The summed E-state index contributed by atoms with van der Waals surface area (Å²) in [7, 11) is 1.96. The average molecular weight is 514 g/mol. The highest BCUT2D eigenvalue weighted by Gasteiger charge is 2.32. The maximum Gasteiger partial charge on any atom is 0.414 e. The van der Waals surface area contributed by atoms with Crippen molar-refractivity contribution in [3.8, 4) is 5.69 Å². The van der Waals surface area contributed by atoms with E-state index in [-0.39, 0.29) is 41.1 Å². The first-order valence-corrected chi connectivity index (χ1v) is 11.7. The number of carboxylic acids is 1. The van der Waals surface area contributed by atoms with Crippen LogP contribution in [0.5, 0.6) is 0 Å². The Morgan fingerprint density at radius 2 is 1.78 bits per heavy atom. The Hall–Kier alpha value is -4.03. The minimum absolute atomic E-state index is 0.0740. The van der Waals surface area contributed by atoms with Crippen LogP contribution in [0.4, 0.5) is 25.0 Å². The van der Waals surface area contributed by atoms with E-state index in [2.05, 4.69) is 4.90 Å². The molecule has 3 heterocycles. The highest BCUT2D eigenvalue weighted by molar-refractivity contribution is 5.94. The number of amides is 1. The second-order valence-corrected chi connectivity index (χ2v) is 9.15. The summed E-state index contributed by atoms with van der Waals surface area (Å²) in [4.78, 5) is 42.1. The molecule has 2 aliphatic rings. The number of halogens is 2. The van der Waals surface area contributed by atoms with E-state index >= 15 is 8.78 Å². The Bertz CT molecular complexity index is 1470. The summed E-state index contributed by atoms with van der Waals surface area (Å²) < 4.78 is 37.0. The molecule has 37 heavy (non-hydrogen) atoms. The molecular formula is C25H25F2N5O5. The number of cyclic esters (lactones) is 1. The smallest absolute Gasteiger partial charge is 0.414 e. The standard InChI is InChI=1S/C25H25F2N5O5/c1-29-4-6-30(7-5-29)22-10-21-16(9-19(22)27)23(33)17(24(34)35)13-32(21)20-3-2-14(8-18(20)26)31-12-15(11-28)37-25(31)36/h2-3,8-10,13,15H,4-7,11-12,28H2,1H3,(H,34,35). The van der Waals surface area contributed by atoms with E-state index in [1.807, 2.05) is 11.9 Å². The lowest BCUT2D eigenvalue weighted by Crippen LogP contribution is -2.44. The van der Waals surface area contributed by atoms with E-state index in [1.165, 1.54) is 27.7 Å². The van der Waals surface area contributed by atoms with Crippen LogP contribution in [0.3, 0.4) is 0 Å². The van der Waals surface area contributed by atoms with Crippen LogP contribution in [-0.2, 0) is 4.74 Å². The summed E-state index contributed by atoms with van der Waals surface area (Å²) in [5.74, 6) is -2.97. The second-order valence-electron chi connectivity index (χ2n) is 9.15. The predicted octanol–water partition coefficient (Wildman–Crippen LogP) is 2.00. The first-order valence-electron chi connectivity index (χ1n) is 11.7. The Morgan fingerprint density at radius 3 is 2.41 bits per heavy atom. The molecule has 1 unspecified atom stereocenters. The average Bonchev–Trinajstić information content (AvgIpc) is 3.25. The summed E-state index contributed by atoms with van der Waals surface area (Å²) in [5, 5.41) is 9.41. The van der Waals surface area contributed by atoms with E-state index in [9.17, 15) is 19.5 Å². The number of hydrogen-bond acceptors (Lipinski definition) is 7. The number of hydrogen-bond donors (Lipinski definition) is 2. The number of likely N-dealkylation sites (N-methyl/N-ethyl adjacent to an activating group) is 1. The van der Waals surface area contributed by atoms with Crippen LogP contribution in [0.2, 0.25) is 0 Å². The molecule has 0 spiro atoms. The SMILES string of the molecule is CN1CCN(c2cc3c(cc2F)c(=O)c(C(=O)O)cn3-c2ccc(N3CC(CN)OC3=O)cc2F)CC1. The molecule has 12 heteroatoms. The van der Waals surface area contributed by atoms with E-state index in [0.717, 1.165) is 18.3 Å². The highest BCUT2D eigenvalue weighted by Crippen LogP contribution is 2.30. The third-order valence-electron chi connectivity index (χ3n) is 6.79. The number of ether oxygens (including phenoxy) is 1. The van der Waals surface area contributed by atoms with Gasteiger partial charge in [0.05, 0.1) is 29.1 Å². The van der Waals surface area contributed by atoms with Crippen LogP contribution in [0.25, 0.3) is 16.6 Å². The normalized spacial score (nSPS) is 18.5. The summed E-state index contributed by atoms with van der Waals surface area (Å²) in [6.07, 6.45) is -0.137. The van der Waals surface area contributed by atoms with Crippen LogP contribution < -0.4 is 21.0 Å². The number of nitrogens with zero attached hydrogens (tertiary/aromatic N) is 4. The zero-order chi connectivity index (χ0) is 26.4. The van der Waals surface area contributed by atoms with Crippen molar-refractivity contribution in [3.05, 3.63) is 63.9 Å². The van der Waals surface area contributed by atoms with Gasteiger partial charge >= 0.3 is 12.1 Å². The highest BCUT2D eigenvalue weighted by atomic mass is 19.1. The number of fused-ring (bicyclic) bond motifs is 1. The van der Waals surface area contributed by atoms with Crippen molar-refractivity contribution >= 4 is 34.3 Å². The second kappa shape index (κ2) is 9.45. The minimum Gasteiger partial charge on any atom is -0.477 e. The van der Waals surface area contributed by atoms with Crippen molar-refractivity contribution in [1.82, 2.24) is 9.47 Å². The molecule has 2 saturated heterocycles. The van der Waals surface area contributed by atoms with Gasteiger partial charge in [0.25, 0.3) is 0 Å². The number of carbonyl (C=O) groups excluding carboxylic acids is 1. The molecule has 2 aliphatic heterocycles. The monoisotopic (exact) mass is 513 g/mol. The van der Waals surface area contributed by atoms with Gasteiger partial charge in [-0.25, -0.2) is 18.4 Å². The number of aromatic nitrogens is 1. The van der Waals surface area contributed by atoms with Crippen molar-refractivity contribution in [2.24, 2.45) is 5.73 Å². The van der Waals surface area contributed by atoms with Gasteiger partial charge in [-0.1, -0.05) is 0 Å². The third-order valence-corrected chi connectivity index (χ3v) is 6.79. The molecule has 0 saturated carbocycles. The van der Waals surface area contributed by atoms with E-state index in [0.29, 0.717) is 26.2 Å². The first-order chi connectivity index (χ1) is 17.7. The largest absolute Gasteiger partial charge is 0.477 e. The quantitative estimate of drug-likeness (QED) is 0.532. The Balaban J connectivity index is 1.65. The molecule has 194 valence electrons. The molecule has 2 aromatic carbocycles. The van der Waals surface area contributed by atoms with Gasteiger partial charge in [0.1, 0.15) is 23.3 Å². The molecule has 1 aromatic heterocycles. The molecule has 0 radical (unpaired) electrons. The lowest BCUT2D eigenvalue weighted by Gasteiger charge is -2.34. The third kappa shape index (κ3) is 4.38. The summed E-state index contributed by atoms with van der Waals surface area (Å²) >= 11 is 0. The number of carbonyl (C=O) groups is 2. The van der Waals surface area contributed by atoms with Gasteiger partial charge in [-0.05, 0) is 37.4 Å². The van der Waals surface area contributed by atoms with Crippen molar-refractivity contribution in [2.45, 2.75) is 6.10 Å². The fourth-order valence-electron chi connectivity index (χ4n) is 4.69. The molecule has 3 aromatic rings. The van der Waals surface area contributed by atoms with Crippen LogP contribution in [0.1, 0.15) is 10.4 Å². The molecule has 10 nitrogen and oxygen atoms in total. The van der Waals surface area contributed by atoms with Crippen LogP contribution in [0.15, 0.2) is 41.3 Å². The number of pyridine rings is 1. The van der Waals surface area contributed by atoms with Crippen LogP contribution in [-0.4, -0.2) is 79.1 Å². The van der Waals surface area contributed by atoms with Gasteiger partial charge in [-0.2, -0.15) is 0 Å². The zero-order valence-electron chi connectivity index (χ0n) is 20.0. The summed E-state index contributed by atoms with van der Waals surface area (Å²) in [6, 6.07) is 6.41. The van der Waals surface area contributed by atoms with Gasteiger partial charge < -0.3 is 29.9 Å². The van der Waals surface area contributed by atoms with Crippen LogP contribution in [0, 0.1) is 11.6 Å². The van der Waals surface area contributed by atoms with Crippen molar-refractivity contribution < 1.29 is 28.2 Å². The molecule has 1 atom stereocenters. The molecule has 5 rings (SSSR count). The molecule has 0 bridgehead atoms. The molecule has 0 aliphatic carbocycles. The van der Waals surface area contributed by atoms with E-state index in [1.54, 1.807) is 0 Å². The molecular weight excluding hydrogens is 488 g/mol. The number of piperazine rings is 1. The van der Waals surface area contributed by atoms with Gasteiger partial charge in [0.15, 0.2) is 0 Å². The van der Waals surface area contributed by atoms with Gasteiger partial charge in [0.2, 0.25) is 5.43 Å². The number of rotatable bonds is 5. The van der Waals surface area contributed by atoms with Gasteiger partial charge in [0, 0.05) is 44.3 Å². The van der Waals surface area contributed by atoms with Crippen LogP contribution >= 0.6 is 0 Å². The molecule has 1 amide bonds. The molecule has 3 N–H and O–H groups in total.